The Hall–Kier alpha value is -4.50. The topological polar surface area (TPSA) is 92.8 Å². The summed E-state index contributed by atoms with van der Waals surface area (Å²) in [6.07, 6.45) is 6.67. The van der Waals surface area contributed by atoms with E-state index in [2.05, 4.69) is 95.9 Å². The van der Waals surface area contributed by atoms with E-state index >= 15 is 0 Å². The average molecular weight is 698 g/mol. The van der Waals surface area contributed by atoms with Gasteiger partial charge in [-0.1, -0.05) is 70.0 Å². The molecule has 0 amide bonds. The summed E-state index contributed by atoms with van der Waals surface area (Å²) in [7, 11) is 0. The Morgan fingerprint density at radius 2 is 1.15 bits per heavy atom. The van der Waals surface area contributed by atoms with Crippen LogP contribution in [-0.4, -0.2) is 22.9 Å². The lowest BCUT2D eigenvalue weighted by atomic mass is 9.96. The molecule has 0 fully saturated rings. The zero-order valence-electron chi connectivity index (χ0n) is 27.4. The van der Waals surface area contributed by atoms with Crippen molar-refractivity contribution in [3.05, 3.63) is 143 Å². The summed E-state index contributed by atoms with van der Waals surface area (Å²) in [5.41, 5.74) is 10.3. The van der Waals surface area contributed by atoms with Gasteiger partial charge in [-0.05, 0) is 99.4 Å². The highest BCUT2D eigenvalue weighted by atomic mass is 79.9. The van der Waals surface area contributed by atoms with E-state index in [1.807, 2.05) is 24.3 Å². The van der Waals surface area contributed by atoms with E-state index in [1.54, 1.807) is 24.3 Å². The van der Waals surface area contributed by atoms with Crippen molar-refractivity contribution >= 4 is 44.8 Å². The fraction of sp³-hybridized carbons (Fsp3) is 0.316. The maximum absolute atomic E-state index is 10.9. The number of halogens is 1. The number of hydrogen-bond acceptors (Lipinski definition) is 6. The van der Waals surface area contributed by atoms with Crippen molar-refractivity contribution in [3.8, 4) is 0 Å². The maximum Gasteiger partial charge on any atom is 0.269 e. The number of benzene rings is 4. The predicted molar refractivity (Wildman–Crippen MR) is 194 cm³/mol. The van der Waals surface area contributed by atoms with Gasteiger partial charge in [-0.15, -0.1) is 0 Å². The molecule has 0 radical (unpaired) electrons. The van der Waals surface area contributed by atoms with Crippen molar-refractivity contribution in [2.24, 2.45) is 0 Å². The molecule has 8 nitrogen and oxygen atoms in total. The Balaban J connectivity index is 0.000000186. The van der Waals surface area contributed by atoms with Crippen LogP contribution >= 0.6 is 15.9 Å². The van der Waals surface area contributed by atoms with Gasteiger partial charge in [0.2, 0.25) is 0 Å². The summed E-state index contributed by atoms with van der Waals surface area (Å²) in [6, 6.07) is 27.3. The Labute approximate surface area is 285 Å². The quantitative estimate of drug-likeness (QED) is 0.141. The van der Waals surface area contributed by atoms with E-state index in [4.69, 9.17) is 0 Å². The predicted octanol–water partition coefficient (Wildman–Crippen LogP) is 10.4. The van der Waals surface area contributed by atoms with Gasteiger partial charge in [-0.25, -0.2) is 0 Å². The van der Waals surface area contributed by atoms with Crippen LogP contribution in [-0.2, 0) is 12.8 Å². The minimum absolute atomic E-state index is 0.137. The summed E-state index contributed by atoms with van der Waals surface area (Å²) in [5, 5.41) is 21.6. The second-order valence-corrected chi connectivity index (χ2v) is 13.4. The lowest BCUT2D eigenvalue weighted by molar-refractivity contribution is -0.385. The molecule has 244 valence electrons. The van der Waals surface area contributed by atoms with E-state index in [-0.39, 0.29) is 33.3 Å². The highest BCUT2D eigenvalue weighted by molar-refractivity contribution is 9.10. The number of nitro benzene ring substituents is 2. The van der Waals surface area contributed by atoms with Crippen LogP contribution in [0.4, 0.5) is 22.7 Å². The zero-order valence-corrected chi connectivity index (χ0v) is 28.9. The Kier molecular flexibility index (Phi) is 10.8. The molecule has 6 rings (SSSR count). The zero-order chi connectivity index (χ0) is 33.7. The van der Waals surface area contributed by atoms with Gasteiger partial charge in [0, 0.05) is 53.2 Å². The molecule has 4 aromatic carbocycles. The molecule has 0 bridgehead atoms. The maximum atomic E-state index is 10.9. The monoisotopic (exact) mass is 696 g/mol. The fourth-order valence-corrected chi connectivity index (χ4v) is 6.88. The molecule has 9 heteroatoms. The van der Waals surface area contributed by atoms with Crippen molar-refractivity contribution in [3.63, 3.8) is 0 Å². The summed E-state index contributed by atoms with van der Waals surface area (Å²) in [6.45, 7) is 10.5. The molecule has 0 spiro atoms. The highest BCUT2D eigenvalue weighted by Crippen LogP contribution is 2.37. The van der Waals surface area contributed by atoms with E-state index in [0.717, 1.165) is 54.4 Å². The SMILES string of the molecule is CC(C)=Cc1ccc2c(c1)N(C(C)c1ccc([N+](=O)[O-])cc1)CCC2.CC(c1ccc([N+](=O)[O-])cc1)N1CCCc2ccc(Br)cc21. The van der Waals surface area contributed by atoms with Crippen LogP contribution in [0.25, 0.3) is 6.08 Å². The van der Waals surface area contributed by atoms with E-state index in [1.165, 1.54) is 33.6 Å². The van der Waals surface area contributed by atoms with Crippen LogP contribution in [0.1, 0.15) is 80.4 Å². The number of fused-ring (bicyclic) bond motifs is 2. The molecule has 2 atom stereocenters. The Bertz CT molecular complexity index is 1770. The van der Waals surface area contributed by atoms with Crippen LogP contribution in [0.5, 0.6) is 0 Å². The molecule has 47 heavy (non-hydrogen) atoms. The number of nitrogens with zero attached hydrogens (tertiary/aromatic N) is 4. The number of hydrogen-bond donors (Lipinski definition) is 0. The molecule has 0 aromatic heterocycles. The second kappa shape index (κ2) is 14.9. The molecule has 2 aliphatic heterocycles. The highest BCUT2D eigenvalue weighted by Gasteiger charge is 2.24. The van der Waals surface area contributed by atoms with E-state index in [0.29, 0.717) is 0 Å². The van der Waals surface area contributed by atoms with Crippen LogP contribution in [0.3, 0.4) is 0 Å². The summed E-state index contributed by atoms with van der Waals surface area (Å²) < 4.78 is 1.08. The lowest BCUT2D eigenvalue weighted by Crippen LogP contribution is -2.32. The van der Waals surface area contributed by atoms with Crippen LogP contribution in [0.2, 0.25) is 0 Å². The minimum atomic E-state index is -0.359. The van der Waals surface area contributed by atoms with Crippen LogP contribution in [0.15, 0.2) is 95.0 Å². The molecule has 4 aromatic rings. The fourth-order valence-electron chi connectivity index (χ4n) is 6.53. The molecule has 0 saturated carbocycles. The van der Waals surface area contributed by atoms with Crippen molar-refractivity contribution in [1.29, 1.82) is 0 Å². The van der Waals surface area contributed by atoms with Crippen molar-refractivity contribution < 1.29 is 9.85 Å². The average Bonchev–Trinajstić information content (AvgIpc) is 3.07. The Morgan fingerprint density at radius 3 is 1.60 bits per heavy atom. The smallest absolute Gasteiger partial charge is 0.269 e. The van der Waals surface area contributed by atoms with Gasteiger partial charge >= 0.3 is 0 Å². The molecule has 0 saturated heterocycles. The van der Waals surface area contributed by atoms with Gasteiger partial charge in [0.1, 0.15) is 0 Å². The molecule has 2 aliphatic rings. The summed E-state index contributed by atoms with van der Waals surface area (Å²) >= 11 is 3.55. The standard InChI is InChI=1S/C21H24N2O2.C17H17BrN2O2/c1-15(2)13-17-6-7-19-5-4-12-22(21(19)14-17)16(3)18-8-10-20(11-9-18)23(24)25;1-12(13-5-8-16(9-6-13)20(21)22)19-10-2-3-14-4-7-15(18)11-17(14)19/h6-11,13-14,16H,4-5,12H2,1-3H3;4-9,11-12H,2-3,10H2,1H3. The number of rotatable bonds is 7. The first-order valence-corrected chi connectivity index (χ1v) is 16.9. The van der Waals surface area contributed by atoms with E-state index in [9.17, 15) is 20.2 Å². The summed E-state index contributed by atoms with van der Waals surface area (Å²) in [4.78, 5) is 25.7. The van der Waals surface area contributed by atoms with Gasteiger partial charge in [-0.3, -0.25) is 20.2 Å². The van der Waals surface area contributed by atoms with Gasteiger partial charge in [-0.2, -0.15) is 0 Å². The number of non-ortho nitro benzene ring substituents is 2. The first kappa shape index (κ1) is 33.9. The summed E-state index contributed by atoms with van der Waals surface area (Å²) in [5.74, 6) is 0. The first-order valence-electron chi connectivity index (χ1n) is 16.1. The number of allylic oxidation sites excluding steroid dienone is 1. The van der Waals surface area contributed by atoms with Crippen LogP contribution in [0, 0.1) is 20.2 Å². The molecule has 0 N–H and O–H groups in total. The second-order valence-electron chi connectivity index (χ2n) is 12.5. The largest absolute Gasteiger partial charge is 0.365 e. The van der Waals surface area contributed by atoms with Gasteiger partial charge in [0.15, 0.2) is 0 Å². The molecule has 2 unspecified atom stereocenters. The third-order valence-corrected chi connectivity index (χ3v) is 9.52. The lowest BCUT2D eigenvalue weighted by Gasteiger charge is -2.37. The molecule has 0 aliphatic carbocycles. The van der Waals surface area contributed by atoms with E-state index < -0.39 is 0 Å². The first-order chi connectivity index (χ1) is 22.5. The number of nitro groups is 2. The number of aryl methyl sites for hydroxylation is 2. The third kappa shape index (κ3) is 8.08. The van der Waals surface area contributed by atoms with Crippen molar-refractivity contribution in [2.75, 3.05) is 22.9 Å². The molecule has 2 heterocycles. The third-order valence-electron chi connectivity index (χ3n) is 9.03. The van der Waals surface area contributed by atoms with Crippen molar-refractivity contribution in [1.82, 2.24) is 0 Å². The molecular weight excluding hydrogens is 656 g/mol. The number of anilines is 2. The van der Waals surface area contributed by atoms with Crippen LogP contribution < -0.4 is 9.80 Å². The van der Waals surface area contributed by atoms with Gasteiger partial charge in [0.25, 0.3) is 11.4 Å². The normalized spacial score (nSPS) is 14.9. The Morgan fingerprint density at radius 1 is 0.702 bits per heavy atom. The minimum Gasteiger partial charge on any atom is -0.365 e. The van der Waals surface area contributed by atoms with Gasteiger partial charge < -0.3 is 9.80 Å². The molecular formula is C38H41BrN4O4. The van der Waals surface area contributed by atoms with Crippen molar-refractivity contribution in [2.45, 2.75) is 65.5 Å². The van der Waals surface area contributed by atoms with Gasteiger partial charge in [0.05, 0.1) is 21.9 Å².